The minimum atomic E-state index is 0.345. The molecule has 0 saturated carbocycles. The van der Waals surface area contributed by atoms with Gasteiger partial charge in [0.05, 0.1) is 0 Å². The monoisotopic (exact) mass is 304 g/mol. The number of unbranched alkanes of at least 4 members (excludes halogenated alkanes) is 3. The number of benzene rings is 2. The fourth-order valence-corrected chi connectivity index (χ4v) is 4.21. The minimum absolute atomic E-state index is 0.345. The summed E-state index contributed by atoms with van der Waals surface area (Å²) in [6, 6.07) is 18.4. The van der Waals surface area contributed by atoms with Gasteiger partial charge in [0.2, 0.25) is 0 Å². The summed E-state index contributed by atoms with van der Waals surface area (Å²) in [6.07, 6.45) is 6.67. The summed E-state index contributed by atoms with van der Waals surface area (Å²) >= 11 is 0. The van der Waals surface area contributed by atoms with Gasteiger partial charge in [-0.3, -0.25) is 0 Å². The summed E-state index contributed by atoms with van der Waals surface area (Å²) in [6.45, 7) is 3.72. The van der Waals surface area contributed by atoms with E-state index < -0.39 is 0 Å². The van der Waals surface area contributed by atoms with Crippen LogP contribution < -0.4 is 15.5 Å². The van der Waals surface area contributed by atoms with Crippen LogP contribution in [0.1, 0.15) is 39.0 Å². The summed E-state index contributed by atoms with van der Waals surface area (Å²) in [5.74, 6) is 0. The van der Waals surface area contributed by atoms with Gasteiger partial charge in [0, 0.05) is 23.8 Å². The second-order valence-electron chi connectivity index (χ2n) is 6.83. The normalized spacial score (nSPS) is 18.6. The second-order valence-corrected chi connectivity index (χ2v) is 6.83. The van der Waals surface area contributed by atoms with Crippen molar-refractivity contribution >= 4 is 18.1 Å². The van der Waals surface area contributed by atoms with Crippen molar-refractivity contribution in [3.63, 3.8) is 0 Å². The maximum atomic E-state index is 3.77. The smallest absolute Gasteiger partial charge is 0.376 e. The number of fused-ring (bicyclic) bond motifs is 6. The largest absolute Gasteiger partial charge is 0.393 e. The molecule has 23 heavy (non-hydrogen) atoms. The molecular formula is C20H25BN2. The van der Waals surface area contributed by atoms with Gasteiger partial charge >= 0.3 is 6.98 Å². The lowest BCUT2D eigenvalue weighted by molar-refractivity contribution is 0.564. The van der Waals surface area contributed by atoms with E-state index in [1.807, 2.05) is 0 Å². The molecule has 2 aliphatic rings. The maximum Gasteiger partial charge on any atom is 0.376 e. The quantitative estimate of drug-likeness (QED) is 0.667. The van der Waals surface area contributed by atoms with Gasteiger partial charge in [-0.15, -0.1) is 0 Å². The van der Waals surface area contributed by atoms with Gasteiger partial charge in [-0.2, -0.15) is 0 Å². The van der Waals surface area contributed by atoms with E-state index in [1.165, 1.54) is 54.4 Å². The highest BCUT2D eigenvalue weighted by Gasteiger charge is 2.42. The first-order chi connectivity index (χ1) is 11.4. The standard InChI is InChI=1S/C20H25BN2/c1-2-3-4-5-10-16-15-22-21-19-13-8-6-11-17(19)18-12-7-9-14-20(18)23(16)21/h6-9,11-14,16,22H,2-5,10,15H2,1H3. The van der Waals surface area contributed by atoms with Crippen LogP contribution in [-0.4, -0.2) is 19.6 Å². The van der Waals surface area contributed by atoms with Gasteiger partial charge in [0.1, 0.15) is 0 Å². The molecule has 1 N–H and O–H groups in total. The molecule has 3 heteroatoms. The van der Waals surface area contributed by atoms with Crippen molar-refractivity contribution < 1.29 is 0 Å². The minimum Gasteiger partial charge on any atom is -0.393 e. The Balaban J connectivity index is 1.66. The molecule has 2 nitrogen and oxygen atoms in total. The van der Waals surface area contributed by atoms with Crippen LogP contribution in [0.15, 0.2) is 48.5 Å². The van der Waals surface area contributed by atoms with E-state index in [0.29, 0.717) is 13.0 Å². The third-order valence-corrected chi connectivity index (χ3v) is 5.34. The first kappa shape index (κ1) is 14.8. The van der Waals surface area contributed by atoms with Crippen molar-refractivity contribution in [1.29, 1.82) is 0 Å². The van der Waals surface area contributed by atoms with Crippen molar-refractivity contribution in [3.05, 3.63) is 48.5 Å². The van der Waals surface area contributed by atoms with Crippen molar-refractivity contribution in [2.24, 2.45) is 0 Å². The average molecular weight is 304 g/mol. The Morgan fingerprint density at radius 3 is 2.65 bits per heavy atom. The van der Waals surface area contributed by atoms with Gasteiger partial charge < -0.3 is 10.0 Å². The van der Waals surface area contributed by atoms with E-state index in [2.05, 4.69) is 65.5 Å². The highest BCUT2D eigenvalue weighted by Crippen LogP contribution is 2.37. The van der Waals surface area contributed by atoms with E-state index in [1.54, 1.807) is 0 Å². The van der Waals surface area contributed by atoms with E-state index in [-0.39, 0.29) is 0 Å². The van der Waals surface area contributed by atoms with E-state index in [9.17, 15) is 0 Å². The van der Waals surface area contributed by atoms with Gasteiger partial charge in [0.25, 0.3) is 0 Å². The Bertz CT molecular complexity index is 685. The summed E-state index contributed by atoms with van der Waals surface area (Å²) in [5, 5.41) is 3.77. The molecule has 2 heterocycles. The average Bonchev–Trinajstić information content (AvgIpc) is 3.03. The van der Waals surface area contributed by atoms with Crippen LogP contribution in [0, 0.1) is 0 Å². The molecule has 4 rings (SSSR count). The third kappa shape index (κ3) is 2.57. The van der Waals surface area contributed by atoms with Gasteiger partial charge in [-0.1, -0.05) is 75.1 Å². The number of hydrogen-bond acceptors (Lipinski definition) is 2. The summed E-state index contributed by atoms with van der Waals surface area (Å²) in [4.78, 5) is 2.64. The number of anilines is 1. The Labute approximate surface area is 140 Å². The predicted molar refractivity (Wildman–Crippen MR) is 100 cm³/mol. The van der Waals surface area contributed by atoms with Crippen LogP contribution in [0.2, 0.25) is 0 Å². The van der Waals surface area contributed by atoms with Gasteiger partial charge in [0.15, 0.2) is 0 Å². The predicted octanol–water partition coefficient (Wildman–Crippen LogP) is 3.81. The fraction of sp³-hybridized carbons (Fsp3) is 0.400. The molecule has 1 fully saturated rings. The molecule has 1 saturated heterocycles. The Hall–Kier alpha value is -1.74. The van der Waals surface area contributed by atoms with Gasteiger partial charge in [-0.05, 0) is 23.5 Å². The van der Waals surface area contributed by atoms with Crippen LogP contribution in [0.5, 0.6) is 0 Å². The lowest BCUT2D eigenvalue weighted by Gasteiger charge is -2.36. The highest BCUT2D eigenvalue weighted by atomic mass is 15.2. The van der Waals surface area contributed by atoms with E-state index in [0.717, 1.165) is 6.54 Å². The topological polar surface area (TPSA) is 15.3 Å². The van der Waals surface area contributed by atoms with Crippen LogP contribution >= 0.6 is 0 Å². The molecule has 0 spiro atoms. The summed E-state index contributed by atoms with van der Waals surface area (Å²) in [5.41, 5.74) is 5.62. The zero-order valence-electron chi connectivity index (χ0n) is 14.0. The second kappa shape index (κ2) is 6.41. The molecule has 0 aromatic heterocycles. The Morgan fingerprint density at radius 2 is 1.78 bits per heavy atom. The lowest BCUT2D eigenvalue weighted by Crippen LogP contribution is -2.55. The number of rotatable bonds is 5. The molecule has 118 valence electrons. The maximum absolute atomic E-state index is 3.77. The van der Waals surface area contributed by atoms with Crippen LogP contribution in [0.25, 0.3) is 11.1 Å². The lowest BCUT2D eigenvalue weighted by atomic mass is 9.61. The Morgan fingerprint density at radius 1 is 1.00 bits per heavy atom. The van der Waals surface area contributed by atoms with E-state index in [4.69, 9.17) is 0 Å². The molecular weight excluding hydrogens is 279 g/mol. The number of nitrogens with zero attached hydrogens (tertiary/aromatic N) is 1. The highest BCUT2D eigenvalue weighted by molar-refractivity contribution is 6.77. The molecule has 0 amide bonds. The molecule has 1 unspecified atom stereocenters. The molecule has 0 bridgehead atoms. The third-order valence-electron chi connectivity index (χ3n) is 5.34. The van der Waals surface area contributed by atoms with Crippen LogP contribution in [-0.2, 0) is 0 Å². The SMILES string of the molecule is CCCCCCC1CNB2c3ccccc3-c3ccccc3N21. The van der Waals surface area contributed by atoms with E-state index >= 15 is 0 Å². The molecule has 1 atom stereocenters. The molecule has 0 radical (unpaired) electrons. The van der Waals surface area contributed by atoms with Gasteiger partial charge in [-0.25, -0.2) is 0 Å². The fourth-order valence-electron chi connectivity index (χ4n) is 4.21. The number of hydrogen-bond donors (Lipinski definition) is 1. The number of para-hydroxylation sites is 1. The molecule has 2 aliphatic heterocycles. The molecule has 2 aromatic rings. The van der Waals surface area contributed by atoms with Crippen LogP contribution in [0.4, 0.5) is 5.69 Å². The number of nitrogens with one attached hydrogen (secondary N) is 1. The molecule has 2 aromatic carbocycles. The first-order valence-electron chi connectivity index (χ1n) is 9.10. The first-order valence-corrected chi connectivity index (χ1v) is 9.10. The summed E-state index contributed by atoms with van der Waals surface area (Å²) < 4.78 is 0. The van der Waals surface area contributed by atoms with Crippen molar-refractivity contribution in [2.45, 2.75) is 45.1 Å². The van der Waals surface area contributed by atoms with Crippen molar-refractivity contribution in [3.8, 4) is 11.1 Å². The van der Waals surface area contributed by atoms with Crippen molar-refractivity contribution in [1.82, 2.24) is 5.23 Å². The Kier molecular flexibility index (Phi) is 4.13. The van der Waals surface area contributed by atoms with Crippen molar-refractivity contribution in [2.75, 3.05) is 11.4 Å². The molecule has 0 aliphatic carbocycles. The zero-order valence-corrected chi connectivity index (χ0v) is 14.0. The summed E-state index contributed by atoms with van der Waals surface area (Å²) in [7, 11) is 0. The zero-order chi connectivity index (χ0) is 15.6. The van der Waals surface area contributed by atoms with Crippen LogP contribution in [0.3, 0.4) is 0 Å².